The molecule has 4 aromatic rings. The molecule has 0 amide bonds. The molecule has 2 aliphatic heterocycles. The smallest absolute Gasteiger partial charge is 0.214 e. The highest BCUT2D eigenvalue weighted by Crippen LogP contribution is 2.51. The van der Waals surface area contributed by atoms with Gasteiger partial charge in [0, 0.05) is 17.5 Å². The molecule has 6 rings (SSSR count). The lowest BCUT2D eigenvalue weighted by molar-refractivity contribution is -0.0210. The fourth-order valence-electron chi connectivity index (χ4n) is 5.11. The van der Waals surface area contributed by atoms with Crippen LogP contribution in [0.15, 0.2) is 96.1 Å². The van der Waals surface area contributed by atoms with E-state index in [0.29, 0.717) is 23.9 Å². The summed E-state index contributed by atoms with van der Waals surface area (Å²) < 4.78 is 29.5. The standard InChI is InChI=1S/C32H30N2O5/c1-35-24-15-12-22(13-16-24)26-19-27-25-10-7-11-29(36-2)31(25)39-32(34(27)33-26)23-14-17-28(30(18-23)37-3)38-20-21-8-5-4-6-9-21/h4-18,27,32H,19-20H2,1-3H3/t27-,32+/m1/s1. The van der Waals surface area contributed by atoms with Crippen LogP contribution in [0.4, 0.5) is 0 Å². The normalized spacial score (nSPS) is 17.4. The molecule has 0 aliphatic carbocycles. The summed E-state index contributed by atoms with van der Waals surface area (Å²) in [6, 6.07) is 29.9. The number of para-hydroxylation sites is 1. The van der Waals surface area contributed by atoms with Crippen molar-refractivity contribution < 1.29 is 23.7 Å². The lowest BCUT2D eigenvalue weighted by Crippen LogP contribution is -2.33. The first-order valence-electron chi connectivity index (χ1n) is 12.9. The van der Waals surface area contributed by atoms with Gasteiger partial charge in [0.1, 0.15) is 12.4 Å². The summed E-state index contributed by atoms with van der Waals surface area (Å²) in [6.07, 6.45) is 0.258. The SMILES string of the molecule is COc1ccc(C2=NN3[C@H](C2)c2cccc(OC)c2O[C@H]3c2ccc(OCc3ccccc3)c(OC)c2)cc1. The molecule has 198 valence electrons. The lowest BCUT2D eigenvalue weighted by Gasteiger charge is -2.38. The molecule has 2 aliphatic rings. The number of methoxy groups -OCH3 is 3. The Balaban J connectivity index is 1.35. The predicted molar refractivity (Wildman–Crippen MR) is 149 cm³/mol. The molecule has 2 heterocycles. The van der Waals surface area contributed by atoms with Gasteiger partial charge in [-0.05, 0) is 59.7 Å². The van der Waals surface area contributed by atoms with Crippen molar-refractivity contribution in [2.24, 2.45) is 5.10 Å². The Morgan fingerprint density at radius 2 is 1.59 bits per heavy atom. The van der Waals surface area contributed by atoms with E-state index in [2.05, 4.69) is 6.07 Å². The molecule has 0 unspecified atom stereocenters. The molecule has 0 aromatic heterocycles. The molecule has 0 radical (unpaired) electrons. The summed E-state index contributed by atoms with van der Waals surface area (Å²) >= 11 is 0. The Bertz CT molecular complexity index is 1490. The number of hydrogen-bond donors (Lipinski definition) is 0. The van der Waals surface area contributed by atoms with Crippen LogP contribution in [0.25, 0.3) is 0 Å². The van der Waals surface area contributed by atoms with E-state index in [-0.39, 0.29) is 6.04 Å². The number of benzene rings is 4. The second-order valence-electron chi connectivity index (χ2n) is 9.41. The van der Waals surface area contributed by atoms with Crippen LogP contribution in [0.5, 0.6) is 28.7 Å². The second kappa shape index (κ2) is 10.6. The summed E-state index contributed by atoms with van der Waals surface area (Å²) in [6.45, 7) is 0.449. The number of fused-ring (bicyclic) bond motifs is 3. The van der Waals surface area contributed by atoms with E-state index < -0.39 is 6.23 Å². The zero-order chi connectivity index (χ0) is 26.8. The highest BCUT2D eigenvalue weighted by molar-refractivity contribution is 6.02. The summed E-state index contributed by atoms with van der Waals surface area (Å²) in [7, 11) is 4.98. The van der Waals surface area contributed by atoms with Gasteiger partial charge < -0.3 is 23.7 Å². The van der Waals surface area contributed by atoms with Crippen molar-refractivity contribution in [3.8, 4) is 28.7 Å². The van der Waals surface area contributed by atoms with Gasteiger partial charge in [-0.2, -0.15) is 5.10 Å². The maximum atomic E-state index is 6.62. The molecule has 0 spiro atoms. The van der Waals surface area contributed by atoms with Gasteiger partial charge in [-0.3, -0.25) is 0 Å². The third kappa shape index (κ3) is 4.72. The first-order valence-corrected chi connectivity index (χ1v) is 12.9. The maximum Gasteiger partial charge on any atom is 0.214 e. The van der Waals surface area contributed by atoms with E-state index >= 15 is 0 Å². The molecule has 0 saturated carbocycles. The minimum absolute atomic E-state index is 0.00838. The summed E-state index contributed by atoms with van der Waals surface area (Å²) in [5.74, 6) is 3.55. The Labute approximate surface area is 228 Å². The molecular weight excluding hydrogens is 492 g/mol. The average Bonchev–Trinajstić information content (AvgIpc) is 3.46. The molecule has 0 fully saturated rings. The van der Waals surface area contributed by atoms with Gasteiger partial charge in [-0.15, -0.1) is 0 Å². The highest BCUT2D eigenvalue weighted by atomic mass is 16.5. The van der Waals surface area contributed by atoms with Crippen molar-refractivity contribution in [3.63, 3.8) is 0 Å². The molecule has 4 aromatic carbocycles. The second-order valence-corrected chi connectivity index (χ2v) is 9.41. The van der Waals surface area contributed by atoms with E-state index in [0.717, 1.165) is 45.9 Å². The summed E-state index contributed by atoms with van der Waals surface area (Å²) in [4.78, 5) is 0. The number of rotatable bonds is 8. The number of nitrogens with zero attached hydrogens (tertiary/aromatic N) is 2. The quantitative estimate of drug-likeness (QED) is 0.262. The van der Waals surface area contributed by atoms with Gasteiger partial charge >= 0.3 is 0 Å². The minimum Gasteiger partial charge on any atom is -0.497 e. The molecule has 39 heavy (non-hydrogen) atoms. The van der Waals surface area contributed by atoms with Crippen LogP contribution in [0.2, 0.25) is 0 Å². The molecule has 7 nitrogen and oxygen atoms in total. The predicted octanol–water partition coefficient (Wildman–Crippen LogP) is 6.53. The molecule has 2 atom stereocenters. The largest absolute Gasteiger partial charge is 0.497 e. The van der Waals surface area contributed by atoms with Crippen molar-refractivity contribution in [2.75, 3.05) is 21.3 Å². The van der Waals surface area contributed by atoms with Gasteiger partial charge in [0.25, 0.3) is 0 Å². The third-order valence-electron chi connectivity index (χ3n) is 7.13. The molecule has 0 saturated heterocycles. The Morgan fingerprint density at radius 1 is 0.795 bits per heavy atom. The van der Waals surface area contributed by atoms with Gasteiger partial charge in [0.05, 0.1) is 33.1 Å². The number of hydrogen-bond acceptors (Lipinski definition) is 7. The minimum atomic E-state index is -0.480. The molecule has 0 N–H and O–H groups in total. The van der Waals surface area contributed by atoms with Crippen molar-refractivity contribution in [2.45, 2.75) is 25.3 Å². The van der Waals surface area contributed by atoms with Crippen LogP contribution in [0.3, 0.4) is 0 Å². The van der Waals surface area contributed by atoms with Crippen LogP contribution in [0, 0.1) is 0 Å². The summed E-state index contributed by atoms with van der Waals surface area (Å²) in [5, 5.41) is 7.12. The van der Waals surface area contributed by atoms with Crippen molar-refractivity contribution in [1.29, 1.82) is 0 Å². The number of ether oxygens (including phenoxy) is 5. The summed E-state index contributed by atoms with van der Waals surface area (Å²) in [5.41, 5.74) is 5.08. The van der Waals surface area contributed by atoms with Gasteiger partial charge in [-0.25, -0.2) is 5.01 Å². The fraction of sp³-hybridized carbons (Fsp3) is 0.219. The van der Waals surface area contributed by atoms with E-state index in [1.165, 1.54) is 0 Å². The van der Waals surface area contributed by atoms with Gasteiger partial charge in [-0.1, -0.05) is 42.5 Å². The Hall–Kier alpha value is -4.65. The van der Waals surface area contributed by atoms with E-state index in [1.54, 1.807) is 21.3 Å². The fourth-order valence-corrected chi connectivity index (χ4v) is 5.11. The van der Waals surface area contributed by atoms with Gasteiger partial charge in [0.15, 0.2) is 23.0 Å². The first-order chi connectivity index (χ1) is 19.2. The van der Waals surface area contributed by atoms with E-state index in [1.807, 2.05) is 89.9 Å². The Kier molecular flexibility index (Phi) is 6.71. The zero-order valence-corrected chi connectivity index (χ0v) is 22.2. The zero-order valence-electron chi connectivity index (χ0n) is 22.2. The number of hydrazone groups is 1. The van der Waals surface area contributed by atoms with Gasteiger partial charge in [0.2, 0.25) is 6.23 Å². The van der Waals surface area contributed by atoms with Crippen molar-refractivity contribution in [3.05, 3.63) is 113 Å². The maximum absolute atomic E-state index is 6.62. The van der Waals surface area contributed by atoms with Crippen LogP contribution < -0.4 is 23.7 Å². The Morgan fingerprint density at radius 3 is 2.33 bits per heavy atom. The van der Waals surface area contributed by atoms with Crippen LogP contribution in [-0.2, 0) is 6.61 Å². The highest BCUT2D eigenvalue weighted by Gasteiger charge is 2.42. The third-order valence-corrected chi connectivity index (χ3v) is 7.13. The molecular formula is C32H30N2O5. The van der Waals surface area contributed by atoms with Crippen molar-refractivity contribution in [1.82, 2.24) is 5.01 Å². The lowest BCUT2D eigenvalue weighted by atomic mass is 9.95. The molecule has 0 bridgehead atoms. The first kappa shape index (κ1) is 24.7. The van der Waals surface area contributed by atoms with Crippen LogP contribution >= 0.6 is 0 Å². The monoisotopic (exact) mass is 522 g/mol. The van der Waals surface area contributed by atoms with Crippen LogP contribution in [-0.4, -0.2) is 32.0 Å². The topological polar surface area (TPSA) is 61.8 Å². The van der Waals surface area contributed by atoms with E-state index in [9.17, 15) is 0 Å². The average molecular weight is 523 g/mol. The van der Waals surface area contributed by atoms with Crippen molar-refractivity contribution >= 4 is 5.71 Å². The molecule has 7 heteroatoms. The van der Waals surface area contributed by atoms with E-state index in [4.69, 9.17) is 28.8 Å². The van der Waals surface area contributed by atoms with Crippen LogP contribution in [0.1, 0.15) is 40.9 Å².